The number of pyridine rings is 1. The Hall–Kier alpha value is -3.99. The second-order valence-electron chi connectivity index (χ2n) is 11.2. The molecule has 11 heteroatoms. The van der Waals surface area contributed by atoms with Gasteiger partial charge >= 0.3 is 0 Å². The normalized spacial score (nSPS) is 28.3. The highest BCUT2D eigenvalue weighted by molar-refractivity contribution is 6.00. The van der Waals surface area contributed by atoms with Crippen LogP contribution in [0, 0.1) is 11.8 Å². The number of aromatic nitrogens is 1. The van der Waals surface area contributed by atoms with Crippen LogP contribution in [0.4, 0.5) is 0 Å². The minimum absolute atomic E-state index is 0.0224. The van der Waals surface area contributed by atoms with Crippen LogP contribution in [0.2, 0.25) is 0 Å². The van der Waals surface area contributed by atoms with E-state index in [1.54, 1.807) is 64.6 Å². The number of rotatable bonds is 5. The summed E-state index contributed by atoms with van der Waals surface area (Å²) in [6.45, 7) is 3.23. The van der Waals surface area contributed by atoms with Gasteiger partial charge < -0.3 is 30.6 Å². The van der Waals surface area contributed by atoms with Crippen LogP contribution in [-0.2, 0) is 20.8 Å². The van der Waals surface area contributed by atoms with Gasteiger partial charge in [-0.15, -0.1) is 0 Å². The van der Waals surface area contributed by atoms with Crippen molar-refractivity contribution in [2.45, 2.75) is 69.8 Å². The topological polar surface area (TPSA) is 152 Å². The zero-order valence-electron chi connectivity index (χ0n) is 23.9. The number of aliphatic hydroxyl groups is 1. The number of nitrogens with zero attached hydrogens (tertiary/aromatic N) is 3. The van der Waals surface area contributed by atoms with Crippen molar-refractivity contribution in [1.29, 1.82) is 0 Å². The van der Waals surface area contributed by atoms with Crippen molar-refractivity contribution in [2.75, 3.05) is 14.1 Å². The van der Waals surface area contributed by atoms with Gasteiger partial charge in [-0.3, -0.25) is 24.2 Å². The summed E-state index contributed by atoms with van der Waals surface area (Å²) in [7, 11) is 3.14. The first-order valence-corrected chi connectivity index (χ1v) is 14.0. The summed E-state index contributed by atoms with van der Waals surface area (Å²) < 4.78 is 0. The Bertz CT molecular complexity index is 1270. The highest BCUT2D eigenvalue weighted by Crippen LogP contribution is 2.34. The van der Waals surface area contributed by atoms with Gasteiger partial charge in [0, 0.05) is 26.5 Å². The molecule has 2 heterocycles. The lowest BCUT2D eigenvalue weighted by Crippen LogP contribution is -2.65. The van der Waals surface area contributed by atoms with Gasteiger partial charge in [-0.25, -0.2) is 0 Å². The molecule has 0 spiro atoms. The molecule has 41 heavy (non-hydrogen) atoms. The molecule has 1 saturated heterocycles. The summed E-state index contributed by atoms with van der Waals surface area (Å²) in [4.78, 5) is 61.6. The number of aliphatic hydroxyl groups excluding tert-OH is 1. The Kier molecular flexibility index (Phi) is 9.27. The second kappa shape index (κ2) is 12.7. The number of carbonyl (C=O) groups is 4. The first kappa shape index (κ1) is 30.0. The van der Waals surface area contributed by atoms with Crippen LogP contribution >= 0.6 is 0 Å². The van der Waals surface area contributed by atoms with Gasteiger partial charge in [-0.1, -0.05) is 31.5 Å². The Morgan fingerprint density at radius 1 is 1.05 bits per heavy atom. The number of phenolic OH excluding ortho intramolecular Hbond substituents is 1. The quantitative estimate of drug-likeness (QED) is 0.424. The predicted octanol–water partition coefficient (Wildman–Crippen LogP) is 1.10. The first-order valence-electron chi connectivity index (χ1n) is 14.0. The van der Waals surface area contributed by atoms with E-state index >= 15 is 0 Å². The van der Waals surface area contributed by atoms with Gasteiger partial charge in [0.1, 0.15) is 17.8 Å². The smallest absolute Gasteiger partial charge is 0.255 e. The first-order chi connectivity index (χ1) is 19.5. The van der Waals surface area contributed by atoms with Crippen LogP contribution < -0.4 is 10.6 Å². The van der Waals surface area contributed by atoms with E-state index in [4.69, 9.17) is 0 Å². The third-order valence-corrected chi connectivity index (χ3v) is 8.59. The number of phenols is 1. The highest BCUT2D eigenvalue weighted by atomic mass is 16.3. The molecule has 4 amide bonds. The van der Waals surface area contributed by atoms with Gasteiger partial charge in [0.05, 0.1) is 29.7 Å². The monoisotopic (exact) mass is 565 g/mol. The molecule has 220 valence electrons. The summed E-state index contributed by atoms with van der Waals surface area (Å²) >= 11 is 0. The largest absolute Gasteiger partial charge is 0.507 e. The summed E-state index contributed by atoms with van der Waals surface area (Å²) in [6, 6.07) is 5.76. The predicted molar refractivity (Wildman–Crippen MR) is 151 cm³/mol. The maximum Gasteiger partial charge on any atom is 0.255 e. The van der Waals surface area contributed by atoms with Crippen molar-refractivity contribution < 1.29 is 29.4 Å². The van der Waals surface area contributed by atoms with Crippen molar-refractivity contribution >= 4 is 23.6 Å². The Morgan fingerprint density at radius 2 is 1.76 bits per heavy atom. The van der Waals surface area contributed by atoms with Gasteiger partial charge in [0.25, 0.3) is 5.91 Å². The van der Waals surface area contributed by atoms with E-state index in [2.05, 4.69) is 15.6 Å². The molecule has 2 fully saturated rings. The Morgan fingerprint density at radius 3 is 2.37 bits per heavy atom. The van der Waals surface area contributed by atoms with Crippen LogP contribution in [0.1, 0.15) is 49.0 Å². The molecular formula is C30H39N5O6. The van der Waals surface area contributed by atoms with Gasteiger partial charge in [0.2, 0.25) is 17.7 Å². The Labute approximate surface area is 239 Å². The van der Waals surface area contributed by atoms with E-state index in [0.29, 0.717) is 0 Å². The highest BCUT2D eigenvalue weighted by Gasteiger charge is 2.45. The number of hydrogen-bond acceptors (Lipinski definition) is 7. The number of amides is 4. The lowest BCUT2D eigenvalue weighted by atomic mass is 9.78. The average molecular weight is 566 g/mol. The van der Waals surface area contributed by atoms with Gasteiger partial charge in [-0.05, 0) is 55.9 Å². The molecule has 1 aliphatic carbocycles. The zero-order chi connectivity index (χ0) is 29.8. The fourth-order valence-corrected chi connectivity index (χ4v) is 5.62. The van der Waals surface area contributed by atoms with Crippen LogP contribution in [0.15, 0.2) is 48.8 Å². The van der Waals surface area contributed by atoms with Crippen molar-refractivity contribution in [3.8, 4) is 5.75 Å². The van der Waals surface area contributed by atoms with Crippen molar-refractivity contribution in [3.63, 3.8) is 0 Å². The molecule has 4 rings (SSSR count). The fraction of sp³-hybridized carbons (Fsp3) is 0.500. The number of benzene rings is 1. The van der Waals surface area contributed by atoms with Crippen LogP contribution in [0.25, 0.3) is 0 Å². The third kappa shape index (κ3) is 6.35. The SMILES string of the molecule is C[C@@H]1[C@H](NC(=O)c2ccccc2O)C(=O)N[C@@H](Cc2cccnc2)[C@@H](O)[C@@H](C)C(=O)N(C)C(C2CCC2)C(=O)N1C. The molecule has 2 aliphatic rings. The number of nitrogens with one attached hydrogen (secondary N) is 2. The molecule has 11 nitrogen and oxygen atoms in total. The number of likely N-dealkylation sites (N-methyl/N-ethyl adjacent to an activating group) is 2. The minimum atomic E-state index is -1.30. The fourth-order valence-electron chi connectivity index (χ4n) is 5.62. The molecule has 1 aliphatic heterocycles. The van der Waals surface area contributed by atoms with Crippen LogP contribution in [0.3, 0.4) is 0 Å². The lowest BCUT2D eigenvalue weighted by molar-refractivity contribution is -0.154. The zero-order valence-corrected chi connectivity index (χ0v) is 23.9. The van der Waals surface area contributed by atoms with E-state index in [9.17, 15) is 29.4 Å². The standard InChI is InChI=1S/C30H39N5O6/c1-17-26(37)22(15-19-9-8-14-31-16-19)32-28(39)24(33-27(38)21-12-5-6-13-23(21)36)18(2)34(3)30(41)25(20-10-7-11-20)35(4)29(17)40/h5-6,8-9,12-14,16-18,20,22,24-26,36-37H,7,10-11,15H2,1-4H3,(H,32,39)(H,33,38)/t17-,18-,22+,24+,25?,26+/m1/s1. The van der Waals surface area contributed by atoms with Crippen molar-refractivity contribution in [1.82, 2.24) is 25.4 Å². The molecule has 6 atom stereocenters. The van der Waals surface area contributed by atoms with E-state index in [1.807, 2.05) is 0 Å². The number of aromatic hydroxyl groups is 1. The van der Waals surface area contributed by atoms with E-state index < -0.39 is 48.0 Å². The molecule has 0 radical (unpaired) electrons. The van der Waals surface area contributed by atoms with Crippen molar-refractivity contribution in [3.05, 3.63) is 59.9 Å². The van der Waals surface area contributed by atoms with E-state index in [0.717, 1.165) is 24.8 Å². The van der Waals surface area contributed by atoms with Crippen LogP contribution in [0.5, 0.6) is 5.75 Å². The molecule has 2 aromatic rings. The third-order valence-electron chi connectivity index (χ3n) is 8.59. The molecule has 0 bridgehead atoms. The summed E-state index contributed by atoms with van der Waals surface area (Å²) in [6.07, 6.45) is 4.62. The maximum atomic E-state index is 13.9. The number of carbonyl (C=O) groups excluding carboxylic acids is 4. The van der Waals surface area contributed by atoms with Crippen molar-refractivity contribution in [2.24, 2.45) is 11.8 Å². The molecule has 1 aromatic heterocycles. The molecular weight excluding hydrogens is 526 g/mol. The molecule has 4 N–H and O–H groups in total. The van der Waals surface area contributed by atoms with Gasteiger partial charge in [-0.2, -0.15) is 0 Å². The summed E-state index contributed by atoms with van der Waals surface area (Å²) in [5, 5.41) is 27.2. The minimum Gasteiger partial charge on any atom is -0.507 e. The number of hydrogen-bond donors (Lipinski definition) is 4. The lowest BCUT2D eigenvalue weighted by Gasteiger charge is -2.44. The Balaban J connectivity index is 1.74. The molecule has 1 aromatic carbocycles. The van der Waals surface area contributed by atoms with Gasteiger partial charge in [0.15, 0.2) is 0 Å². The molecule has 1 saturated carbocycles. The second-order valence-corrected chi connectivity index (χ2v) is 11.2. The van der Waals surface area contributed by atoms with E-state index in [-0.39, 0.29) is 35.5 Å². The van der Waals surface area contributed by atoms with Crippen LogP contribution in [-0.4, -0.2) is 93.0 Å². The maximum absolute atomic E-state index is 13.9. The van der Waals surface area contributed by atoms with E-state index in [1.165, 1.54) is 21.9 Å². The summed E-state index contributed by atoms with van der Waals surface area (Å²) in [5.74, 6) is -3.30. The number of para-hydroxylation sites is 1. The average Bonchev–Trinajstić information content (AvgIpc) is 2.94. The summed E-state index contributed by atoms with van der Waals surface area (Å²) in [5.41, 5.74) is 0.713. The molecule has 1 unspecified atom stereocenters.